The normalized spacial score (nSPS) is 21.7. The first-order valence-electron chi connectivity index (χ1n) is 8.50. The standard InChI is InChI=1S/C16H27N5/c1-3-13-14(4-2)19-20-15(18-13)21-11-10-17-12-16(21)8-6-5-7-9-16/h17H,3-12H2,1-2H3. The lowest BCUT2D eigenvalue weighted by Crippen LogP contribution is -2.62. The van der Waals surface area contributed by atoms with E-state index in [4.69, 9.17) is 4.98 Å². The molecular weight excluding hydrogens is 262 g/mol. The maximum Gasteiger partial charge on any atom is 0.246 e. The average Bonchev–Trinajstić information content (AvgIpc) is 2.55. The molecule has 5 nitrogen and oxygen atoms in total. The highest BCUT2D eigenvalue weighted by Crippen LogP contribution is 2.36. The number of aryl methyl sites for hydroxylation is 2. The molecule has 1 aliphatic carbocycles. The van der Waals surface area contributed by atoms with Crippen molar-refractivity contribution in [2.24, 2.45) is 0 Å². The molecule has 2 aliphatic rings. The Morgan fingerprint density at radius 1 is 1.05 bits per heavy atom. The van der Waals surface area contributed by atoms with Crippen molar-refractivity contribution in [3.05, 3.63) is 11.4 Å². The van der Waals surface area contributed by atoms with E-state index in [-0.39, 0.29) is 5.54 Å². The molecule has 0 amide bonds. The maximum atomic E-state index is 4.86. The van der Waals surface area contributed by atoms with Gasteiger partial charge in [-0.3, -0.25) is 0 Å². The highest BCUT2D eigenvalue weighted by Gasteiger charge is 2.41. The molecule has 1 aromatic heterocycles. The summed E-state index contributed by atoms with van der Waals surface area (Å²) >= 11 is 0. The third-order valence-corrected chi connectivity index (χ3v) is 5.06. The minimum absolute atomic E-state index is 0.219. The second-order valence-corrected chi connectivity index (χ2v) is 6.33. The molecule has 0 aromatic carbocycles. The molecule has 1 aliphatic heterocycles. The van der Waals surface area contributed by atoms with Crippen molar-refractivity contribution in [2.45, 2.75) is 64.3 Å². The molecule has 0 unspecified atom stereocenters. The van der Waals surface area contributed by atoms with Gasteiger partial charge in [0.25, 0.3) is 0 Å². The molecule has 3 rings (SSSR count). The fourth-order valence-corrected chi connectivity index (χ4v) is 3.86. The summed E-state index contributed by atoms with van der Waals surface area (Å²) in [7, 11) is 0. The second kappa shape index (κ2) is 6.26. The Balaban J connectivity index is 1.92. The maximum absolute atomic E-state index is 4.86. The molecule has 1 saturated heterocycles. The van der Waals surface area contributed by atoms with Gasteiger partial charge in [-0.1, -0.05) is 33.1 Å². The van der Waals surface area contributed by atoms with Crippen LogP contribution in [0.5, 0.6) is 0 Å². The van der Waals surface area contributed by atoms with Crippen molar-refractivity contribution >= 4 is 5.95 Å². The molecule has 0 radical (unpaired) electrons. The van der Waals surface area contributed by atoms with Crippen LogP contribution in [0.25, 0.3) is 0 Å². The van der Waals surface area contributed by atoms with E-state index in [2.05, 4.69) is 34.3 Å². The Morgan fingerprint density at radius 2 is 1.81 bits per heavy atom. The van der Waals surface area contributed by atoms with Crippen LogP contribution < -0.4 is 10.2 Å². The van der Waals surface area contributed by atoms with Crippen molar-refractivity contribution < 1.29 is 0 Å². The summed E-state index contributed by atoms with van der Waals surface area (Å²) in [4.78, 5) is 7.31. The Hall–Kier alpha value is -1.23. The Bertz CT molecular complexity index is 473. The predicted molar refractivity (Wildman–Crippen MR) is 84.6 cm³/mol. The smallest absolute Gasteiger partial charge is 0.246 e. The summed E-state index contributed by atoms with van der Waals surface area (Å²) < 4.78 is 0. The minimum atomic E-state index is 0.219. The molecule has 1 N–H and O–H groups in total. The number of piperazine rings is 1. The van der Waals surface area contributed by atoms with Gasteiger partial charge in [-0.2, -0.15) is 5.10 Å². The number of hydrogen-bond donors (Lipinski definition) is 1. The molecule has 1 spiro atoms. The first-order valence-corrected chi connectivity index (χ1v) is 8.50. The van der Waals surface area contributed by atoms with Gasteiger partial charge in [-0.05, 0) is 25.7 Å². The lowest BCUT2D eigenvalue weighted by molar-refractivity contribution is 0.237. The Labute approximate surface area is 127 Å². The Morgan fingerprint density at radius 3 is 2.52 bits per heavy atom. The summed E-state index contributed by atoms with van der Waals surface area (Å²) in [5.74, 6) is 0.854. The van der Waals surface area contributed by atoms with Gasteiger partial charge in [0.15, 0.2) is 0 Å². The van der Waals surface area contributed by atoms with Gasteiger partial charge >= 0.3 is 0 Å². The van der Waals surface area contributed by atoms with Gasteiger partial charge in [-0.25, -0.2) is 4.98 Å². The number of rotatable bonds is 3. The van der Waals surface area contributed by atoms with Crippen LogP contribution in [-0.2, 0) is 12.8 Å². The van der Waals surface area contributed by atoms with E-state index in [1.54, 1.807) is 0 Å². The van der Waals surface area contributed by atoms with Crippen LogP contribution >= 0.6 is 0 Å². The summed E-state index contributed by atoms with van der Waals surface area (Å²) in [6.45, 7) is 7.35. The molecule has 1 aromatic rings. The second-order valence-electron chi connectivity index (χ2n) is 6.33. The number of nitrogens with zero attached hydrogens (tertiary/aromatic N) is 4. The van der Waals surface area contributed by atoms with E-state index in [0.717, 1.165) is 49.8 Å². The van der Waals surface area contributed by atoms with Crippen LogP contribution in [0.15, 0.2) is 0 Å². The van der Waals surface area contributed by atoms with E-state index in [0.29, 0.717) is 0 Å². The largest absolute Gasteiger partial charge is 0.331 e. The zero-order valence-corrected chi connectivity index (χ0v) is 13.4. The van der Waals surface area contributed by atoms with Gasteiger partial charge < -0.3 is 10.2 Å². The Kier molecular flexibility index (Phi) is 4.38. The predicted octanol–water partition coefficient (Wildman–Crippen LogP) is 2.11. The molecule has 1 saturated carbocycles. The van der Waals surface area contributed by atoms with Crippen molar-refractivity contribution in [1.82, 2.24) is 20.5 Å². The van der Waals surface area contributed by atoms with Crippen LogP contribution in [0, 0.1) is 0 Å². The van der Waals surface area contributed by atoms with Gasteiger partial charge in [-0.15, -0.1) is 5.10 Å². The molecule has 5 heteroatoms. The quantitative estimate of drug-likeness (QED) is 0.923. The summed E-state index contributed by atoms with van der Waals surface area (Å²) in [6.07, 6.45) is 8.35. The fraction of sp³-hybridized carbons (Fsp3) is 0.812. The van der Waals surface area contributed by atoms with E-state index < -0.39 is 0 Å². The van der Waals surface area contributed by atoms with Crippen LogP contribution in [0.4, 0.5) is 5.95 Å². The molecule has 116 valence electrons. The lowest BCUT2D eigenvalue weighted by Gasteiger charge is -2.49. The molecule has 21 heavy (non-hydrogen) atoms. The summed E-state index contributed by atoms with van der Waals surface area (Å²) in [6, 6.07) is 0. The zero-order valence-electron chi connectivity index (χ0n) is 13.4. The van der Waals surface area contributed by atoms with E-state index in [1.807, 2.05) is 0 Å². The average molecular weight is 289 g/mol. The molecule has 0 bridgehead atoms. The van der Waals surface area contributed by atoms with Crippen molar-refractivity contribution in [1.29, 1.82) is 0 Å². The zero-order chi connectivity index (χ0) is 14.7. The van der Waals surface area contributed by atoms with Gasteiger partial charge in [0, 0.05) is 19.6 Å². The van der Waals surface area contributed by atoms with Gasteiger partial charge in [0.1, 0.15) is 0 Å². The molecular formula is C16H27N5. The number of nitrogens with one attached hydrogen (secondary N) is 1. The first-order chi connectivity index (χ1) is 10.3. The number of aromatic nitrogens is 3. The first kappa shape index (κ1) is 14.7. The van der Waals surface area contributed by atoms with Gasteiger partial charge in [0.05, 0.1) is 16.9 Å². The molecule has 2 fully saturated rings. The minimum Gasteiger partial charge on any atom is -0.331 e. The van der Waals surface area contributed by atoms with Crippen LogP contribution in [-0.4, -0.2) is 40.4 Å². The number of anilines is 1. The van der Waals surface area contributed by atoms with Crippen molar-refractivity contribution in [3.8, 4) is 0 Å². The number of hydrogen-bond acceptors (Lipinski definition) is 5. The lowest BCUT2D eigenvalue weighted by atomic mass is 9.79. The molecule has 0 atom stereocenters. The van der Waals surface area contributed by atoms with E-state index in [9.17, 15) is 0 Å². The third kappa shape index (κ3) is 2.76. The van der Waals surface area contributed by atoms with E-state index in [1.165, 1.54) is 32.1 Å². The summed E-state index contributed by atoms with van der Waals surface area (Å²) in [5, 5.41) is 12.5. The highest BCUT2D eigenvalue weighted by molar-refractivity contribution is 5.37. The fourth-order valence-electron chi connectivity index (χ4n) is 3.86. The SMILES string of the molecule is CCc1nnc(N2CCNCC23CCCCC3)nc1CC. The summed E-state index contributed by atoms with van der Waals surface area (Å²) in [5.41, 5.74) is 2.39. The van der Waals surface area contributed by atoms with Crippen LogP contribution in [0.1, 0.15) is 57.3 Å². The third-order valence-electron chi connectivity index (χ3n) is 5.06. The topological polar surface area (TPSA) is 53.9 Å². The van der Waals surface area contributed by atoms with Crippen molar-refractivity contribution in [2.75, 3.05) is 24.5 Å². The van der Waals surface area contributed by atoms with Gasteiger partial charge in [0.2, 0.25) is 5.95 Å². The van der Waals surface area contributed by atoms with Crippen LogP contribution in [0.2, 0.25) is 0 Å². The van der Waals surface area contributed by atoms with E-state index >= 15 is 0 Å². The molecule has 2 heterocycles. The van der Waals surface area contributed by atoms with Crippen LogP contribution in [0.3, 0.4) is 0 Å². The highest BCUT2D eigenvalue weighted by atomic mass is 15.4. The van der Waals surface area contributed by atoms with Crippen molar-refractivity contribution in [3.63, 3.8) is 0 Å². The monoisotopic (exact) mass is 289 g/mol.